The zero-order valence-corrected chi connectivity index (χ0v) is 14.1. The second kappa shape index (κ2) is 6.59. The molecule has 1 atom stereocenters. The second-order valence-corrected chi connectivity index (χ2v) is 6.26. The van der Waals surface area contributed by atoms with Crippen LogP contribution in [0.5, 0.6) is 5.75 Å². The number of methoxy groups -OCH3 is 1. The van der Waals surface area contributed by atoms with Gasteiger partial charge in [-0.3, -0.25) is 9.69 Å². The van der Waals surface area contributed by atoms with Gasteiger partial charge < -0.3 is 9.30 Å². The number of likely N-dealkylation sites (tertiary alicyclic amines) is 1. The summed E-state index contributed by atoms with van der Waals surface area (Å²) in [5, 5.41) is 0. The van der Waals surface area contributed by atoms with Gasteiger partial charge in [-0.15, -0.1) is 0 Å². The van der Waals surface area contributed by atoms with Crippen molar-refractivity contribution in [1.82, 2.24) is 9.47 Å². The Morgan fingerprint density at radius 2 is 2.17 bits per heavy atom. The van der Waals surface area contributed by atoms with Gasteiger partial charge >= 0.3 is 0 Å². The van der Waals surface area contributed by atoms with Crippen molar-refractivity contribution in [2.24, 2.45) is 7.05 Å². The molecule has 1 saturated heterocycles. The number of hydrogen-bond acceptors (Lipinski definition) is 3. The summed E-state index contributed by atoms with van der Waals surface area (Å²) >= 11 is 0. The lowest BCUT2D eigenvalue weighted by Crippen LogP contribution is -2.24. The number of aryl methyl sites for hydroxylation is 1. The molecule has 4 nitrogen and oxygen atoms in total. The van der Waals surface area contributed by atoms with Gasteiger partial charge in [0, 0.05) is 36.6 Å². The molecule has 122 valence electrons. The fourth-order valence-corrected chi connectivity index (χ4v) is 3.51. The highest BCUT2D eigenvalue weighted by molar-refractivity contribution is 5.94. The SMILES string of the molecule is COc1ccc(C(C)=O)cc1CN1CCC[C@H]1c1cccn1C. The lowest BCUT2D eigenvalue weighted by molar-refractivity contribution is 0.101. The number of benzene rings is 1. The summed E-state index contributed by atoms with van der Waals surface area (Å²) in [5.41, 5.74) is 3.18. The van der Waals surface area contributed by atoms with Crippen molar-refractivity contribution in [3.8, 4) is 5.75 Å². The minimum atomic E-state index is 0.0920. The van der Waals surface area contributed by atoms with E-state index in [1.165, 1.54) is 18.5 Å². The molecule has 0 N–H and O–H groups in total. The maximum atomic E-state index is 11.7. The smallest absolute Gasteiger partial charge is 0.159 e. The van der Waals surface area contributed by atoms with Crippen LogP contribution in [0.3, 0.4) is 0 Å². The molecule has 2 heterocycles. The molecule has 0 aliphatic carbocycles. The highest BCUT2D eigenvalue weighted by Crippen LogP contribution is 2.34. The van der Waals surface area contributed by atoms with E-state index in [1.807, 2.05) is 18.2 Å². The average molecular weight is 312 g/mol. The number of Topliss-reactive ketones (excluding diaryl/α,β-unsaturated/α-hetero) is 1. The maximum Gasteiger partial charge on any atom is 0.159 e. The number of rotatable bonds is 5. The van der Waals surface area contributed by atoms with Crippen LogP contribution < -0.4 is 4.74 Å². The highest BCUT2D eigenvalue weighted by Gasteiger charge is 2.28. The molecule has 0 bridgehead atoms. The van der Waals surface area contributed by atoms with Crippen molar-refractivity contribution in [3.05, 3.63) is 53.3 Å². The van der Waals surface area contributed by atoms with Gasteiger partial charge in [0.05, 0.1) is 13.2 Å². The van der Waals surface area contributed by atoms with E-state index in [0.717, 1.165) is 30.0 Å². The van der Waals surface area contributed by atoms with E-state index in [1.54, 1.807) is 14.0 Å². The maximum absolute atomic E-state index is 11.7. The van der Waals surface area contributed by atoms with Gasteiger partial charge in [-0.25, -0.2) is 0 Å². The molecule has 0 radical (unpaired) electrons. The molecule has 1 aromatic heterocycles. The fourth-order valence-electron chi connectivity index (χ4n) is 3.51. The quantitative estimate of drug-likeness (QED) is 0.792. The fraction of sp³-hybridized carbons (Fsp3) is 0.421. The Morgan fingerprint density at radius 3 is 2.83 bits per heavy atom. The van der Waals surface area contributed by atoms with Crippen molar-refractivity contribution >= 4 is 5.78 Å². The molecule has 1 aliphatic heterocycles. The molecule has 0 saturated carbocycles. The first kappa shape index (κ1) is 15.8. The van der Waals surface area contributed by atoms with Crippen LogP contribution in [0, 0.1) is 0 Å². The van der Waals surface area contributed by atoms with E-state index in [0.29, 0.717) is 6.04 Å². The van der Waals surface area contributed by atoms with Gasteiger partial charge in [-0.05, 0) is 56.6 Å². The van der Waals surface area contributed by atoms with E-state index in [2.05, 4.69) is 34.8 Å². The Bertz CT molecular complexity index is 705. The average Bonchev–Trinajstić information content (AvgIpc) is 3.15. The molecule has 4 heteroatoms. The Hall–Kier alpha value is -2.07. The number of nitrogens with zero attached hydrogens (tertiary/aromatic N) is 2. The summed E-state index contributed by atoms with van der Waals surface area (Å²) in [6, 6.07) is 10.4. The lowest BCUT2D eigenvalue weighted by Gasteiger charge is -2.26. The van der Waals surface area contributed by atoms with Crippen LogP contribution in [0.1, 0.15) is 47.4 Å². The number of hydrogen-bond donors (Lipinski definition) is 0. The van der Waals surface area contributed by atoms with Crippen molar-refractivity contribution in [1.29, 1.82) is 0 Å². The third-order valence-electron chi connectivity index (χ3n) is 4.75. The number of carbonyl (C=O) groups excluding carboxylic acids is 1. The molecular weight excluding hydrogens is 288 g/mol. The van der Waals surface area contributed by atoms with Crippen molar-refractivity contribution in [3.63, 3.8) is 0 Å². The van der Waals surface area contributed by atoms with Gasteiger partial charge in [-0.1, -0.05) is 0 Å². The van der Waals surface area contributed by atoms with Crippen LogP contribution in [0.25, 0.3) is 0 Å². The van der Waals surface area contributed by atoms with E-state index in [9.17, 15) is 4.79 Å². The van der Waals surface area contributed by atoms with Crippen LogP contribution in [0.15, 0.2) is 36.5 Å². The van der Waals surface area contributed by atoms with Crippen LogP contribution in [0.4, 0.5) is 0 Å². The molecule has 2 aromatic rings. The molecule has 0 amide bonds. The van der Waals surface area contributed by atoms with Gasteiger partial charge in [-0.2, -0.15) is 0 Å². The number of ketones is 1. The molecule has 1 aromatic carbocycles. The van der Waals surface area contributed by atoms with E-state index in [4.69, 9.17) is 4.74 Å². The highest BCUT2D eigenvalue weighted by atomic mass is 16.5. The molecular formula is C19H24N2O2. The molecule has 0 unspecified atom stereocenters. The van der Waals surface area contributed by atoms with Crippen molar-refractivity contribution in [2.75, 3.05) is 13.7 Å². The van der Waals surface area contributed by atoms with Gasteiger partial charge in [0.2, 0.25) is 0 Å². The van der Waals surface area contributed by atoms with Gasteiger partial charge in [0.15, 0.2) is 5.78 Å². The van der Waals surface area contributed by atoms with Crippen LogP contribution in [-0.4, -0.2) is 28.9 Å². The third kappa shape index (κ3) is 3.17. The number of ether oxygens (including phenoxy) is 1. The lowest BCUT2D eigenvalue weighted by atomic mass is 10.1. The monoisotopic (exact) mass is 312 g/mol. The number of carbonyl (C=O) groups is 1. The molecule has 1 fully saturated rings. The van der Waals surface area contributed by atoms with Crippen LogP contribution >= 0.6 is 0 Å². The van der Waals surface area contributed by atoms with Crippen LogP contribution in [0.2, 0.25) is 0 Å². The topological polar surface area (TPSA) is 34.5 Å². The summed E-state index contributed by atoms with van der Waals surface area (Å²) in [5.74, 6) is 0.946. The van der Waals surface area contributed by atoms with Gasteiger partial charge in [0.1, 0.15) is 5.75 Å². The normalized spacial score (nSPS) is 18.3. The Morgan fingerprint density at radius 1 is 1.35 bits per heavy atom. The van der Waals surface area contributed by atoms with Gasteiger partial charge in [0.25, 0.3) is 0 Å². The van der Waals surface area contributed by atoms with E-state index >= 15 is 0 Å². The summed E-state index contributed by atoms with van der Waals surface area (Å²) in [6.07, 6.45) is 4.47. The Kier molecular flexibility index (Phi) is 4.53. The van der Waals surface area contributed by atoms with Crippen molar-refractivity contribution < 1.29 is 9.53 Å². The molecule has 1 aliphatic rings. The second-order valence-electron chi connectivity index (χ2n) is 6.26. The summed E-state index contributed by atoms with van der Waals surface area (Å²) in [7, 11) is 3.79. The zero-order chi connectivity index (χ0) is 16.4. The van der Waals surface area contributed by atoms with E-state index < -0.39 is 0 Å². The first-order valence-corrected chi connectivity index (χ1v) is 8.13. The standard InChI is InChI=1S/C19H24N2O2/c1-14(22)15-8-9-19(23-3)16(12-15)13-21-11-5-7-18(21)17-6-4-10-20(17)2/h4,6,8-10,12,18H,5,7,11,13H2,1-3H3/t18-/m0/s1. The molecule has 23 heavy (non-hydrogen) atoms. The summed E-state index contributed by atoms with van der Waals surface area (Å²) in [6.45, 7) is 3.48. The molecule has 3 rings (SSSR count). The van der Waals surface area contributed by atoms with Crippen molar-refractivity contribution in [2.45, 2.75) is 32.4 Å². The minimum Gasteiger partial charge on any atom is -0.496 e. The summed E-state index contributed by atoms with van der Waals surface area (Å²) < 4.78 is 7.70. The zero-order valence-electron chi connectivity index (χ0n) is 14.1. The predicted molar refractivity (Wildman–Crippen MR) is 90.8 cm³/mol. The Balaban J connectivity index is 1.87. The number of aromatic nitrogens is 1. The largest absolute Gasteiger partial charge is 0.496 e. The third-order valence-corrected chi connectivity index (χ3v) is 4.75. The predicted octanol–water partition coefficient (Wildman–Crippen LogP) is 3.57. The first-order chi connectivity index (χ1) is 11.1. The van der Waals surface area contributed by atoms with Crippen LogP contribution in [-0.2, 0) is 13.6 Å². The summed E-state index contributed by atoms with van der Waals surface area (Å²) in [4.78, 5) is 14.2. The van der Waals surface area contributed by atoms with E-state index in [-0.39, 0.29) is 5.78 Å². The first-order valence-electron chi connectivity index (χ1n) is 8.13. The molecule has 0 spiro atoms. The minimum absolute atomic E-state index is 0.0920. The Labute approximate surface area is 137 Å².